The monoisotopic (exact) mass is 383 g/mol. The van der Waals surface area contributed by atoms with Crippen molar-refractivity contribution in [1.29, 1.82) is 0 Å². The van der Waals surface area contributed by atoms with Crippen molar-refractivity contribution in [1.82, 2.24) is 15.0 Å². The number of carbonyl (C=O) groups excluding carboxylic acids is 1. The molecule has 0 spiro atoms. The van der Waals surface area contributed by atoms with Gasteiger partial charge in [0, 0.05) is 18.2 Å². The van der Waals surface area contributed by atoms with E-state index in [1.807, 2.05) is 30.3 Å². The molecule has 3 aromatic rings. The lowest BCUT2D eigenvalue weighted by atomic mass is 10.1. The van der Waals surface area contributed by atoms with Crippen molar-refractivity contribution in [2.75, 3.05) is 28.4 Å². The fraction of sp³-hybridized carbons (Fsp3) is 0.250. The van der Waals surface area contributed by atoms with Gasteiger partial charge >= 0.3 is 0 Å². The number of rotatable bonds is 7. The zero-order valence-corrected chi connectivity index (χ0v) is 16.1. The molecule has 0 aliphatic rings. The smallest absolute Gasteiger partial charge is 0.254 e. The topological polar surface area (TPSA) is 86.9 Å². The maximum absolute atomic E-state index is 12.8. The Morgan fingerprint density at radius 2 is 1.68 bits per heavy atom. The number of carbonyl (C=O) groups is 1. The van der Waals surface area contributed by atoms with Gasteiger partial charge < -0.3 is 23.6 Å². The second kappa shape index (κ2) is 8.43. The van der Waals surface area contributed by atoms with Crippen molar-refractivity contribution in [2.24, 2.45) is 0 Å². The zero-order chi connectivity index (χ0) is 20.1. The fourth-order valence-electron chi connectivity index (χ4n) is 2.72. The molecule has 0 unspecified atom stereocenters. The molecule has 8 heteroatoms. The minimum Gasteiger partial charge on any atom is -0.493 e. The van der Waals surface area contributed by atoms with E-state index in [2.05, 4.69) is 10.1 Å². The Labute approximate surface area is 162 Å². The zero-order valence-electron chi connectivity index (χ0n) is 16.1. The molecule has 28 heavy (non-hydrogen) atoms. The average Bonchev–Trinajstić information content (AvgIpc) is 3.21. The summed E-state index contributed by atoms with van der Waals surface area (Å²) >= 11 is 0. The molecule has 8 nitrogen and oxygen atoms in total. The first-order chi connectivity index (χ1) is 13.6. The highest BCUT2D eigenvalue weighted by atomic mass is 16.5. The molecular formula is C20H21N3O5. The van der Waals surface area contributed by atoms with Gasteiger partial charge in [0.05, 0.1) is 27.9 Å². The lowest BCUT2D eigenvalue weighted by Crippen LogP contribution is -2.26. The summed E-state index contributed by atoms with van der Waals surface area (Å²) in [5, 5.41) is 3.97. The average molecular weight is 383 g/mol. The Morgan fingerprint density at radius 3 is 2.25 bits per heavy atom. The molecular weight excluding hydrogens is 362 g/mol. The van der Waals surface area contributed by atoms with Crippen molar-refractivity contribution < 1.29 is 23.5 Å². The molecule has 0 saturated heterocycles. The van der Waals surface area contributed by atoms with Crippen LogP contribution in [0.2, 0.25) is 0 Å². The third kappa shape index (κ3) is 3.90. The van der Waals surface area contributed by atoms with Crippen LogP contribution in [0.4, 0.5) is 0 Å². The van der Waals surface area contributed by atoms with E-state index < -0.39 is 0 Å². The summed E-state index contributed by atoms with van der Waals surface area (Å²) in [7, 11) is 6.16. The number of hydrogen-bond acceptors (Lipinski definition) is 7. The minimum atomic E-state index is -0.251. The molecule has 0 aliphatic carbocycles. The van der Waals surface area contributed by atoms with Crippen molar-refractivity contribution in [3.05, 3.63) is 53.9 Å². The van der Waals surface area contributed by atoms with E-state index in [9.17, 15) is 4.79 Å². The molecule has 3 rings (SSSR count). The van der Waals surface area contributed by atoms with E-state index in [0.717, 1.165) is 5.56 Å². The predicted octanol–water partition coefficient (Wildman–Crippen LogP) is 3.03. The van der Waals surface area contributed by atoms with Gasteiger partial charge in [0.25, 0.3) is 5.91 Å². The Bertz CT molecular complexity index is 930. The maximum atomic E-state index is 12.8. The maximum Gasteiger partial charge on any atom is 0.254 e. The van der Waals surface area contributed by atoms with Crippen molar-refractivity contribution in [3.8, 4) is 28.6 Å². The lowest BCUT2D eigenvalue weighted by Gasteiger charge is -2.18. The first-order valence-corrected chi connectivity index (χ1v) is 8.50. The van der Waals surface area contributed by atoms with Crippen LogP contribution < -0.4 is 14.2 Å². The Kier molecular flexibility index (Phi) is 5.78. The third-order valence-corrected chi connectivity index (χ3v) is 4.13. The Balaban J connectivity index is 1.79. The molecule has 0 N–H and O–H groups in total. The van der Waals surface area contributed by atoms with Crippen molar-refractivity contribution in [3.63, 3.8) is 0 Å². The highest BCUT2D eigenvalue weighted by Gasteiger charge is 2.21. The number of benzene rings is 2. The largest absolute Gasteiger partial charge is 0.493 e. The van der Waals surface area contributed by atoms with Gasteiger partial charge in [0.1, 0.15) is 0 Å². The molecule has 0 aliphatic heterocycles. The van der Waals surface area contributed by atoms with Crippen molar-refractivity contribution >= 4 is 5.91 Å². The van der Waals surface area contributed by atoms with E-state index in [4.69, 9.17) is 18.7 Å². The highest BCUT2D eigenvalue weighted by molar-refractivity contribution is 5.95. The van der Waals surface area contributed by atoms with Gasteiger partial charge in [0.2, 0.25) is 17.5 Å². The molecule has 2 aromatic carbocycles. The quantitative estimate of drug-likeness (QED) is 0.620. The molecule has 1 aromatic heterocycles. The normalized spacial score (nSPS) is 10.4. The summed E-state index contributed by atoms with van der Waals surface area (Å²) < 4.78 is 21.2. The van der Waals surface area contributed by atoms with Crippen LogP contribution in [0.25, 0.3) is 11.4 Å². The molecule has 0 fully saturated rings. The Morgan fingerprint density at radius 1 is 1.04 bits per heavy atom. The van der Waals surface area contributed by atoms with Gasteiger partial charge in [0.15, 0.2) is 11.5 Å². The molecule has 1 heterocycles. The van der Waals surface area contributed by atoms with Crippen LogP contribution in [0.3, 0.4) is 0 Å². The SMILES string of the molecule is COc1cc(C(=O)N(C)Cc2nc(-c3ccccc3)no2)cc(OC)c1OC. The molecule has 0 saturated carbocycles. The fourth-order valence-corrected chi connectivity index (χ4v) is 2.72. The van der Waals surface area contributed by atoms with Gasteiger partial charge in [-0.3, -0.25) is 4.79 Å². The minimum absolute atomic E-state index is 0.162. The van der Waals surface area contributed by atoms with Crippen LogP contribution in [0, 0.1) is 0 Å². The summed E-state index contributed by atoms with van der Waals surface area (Å²) in [6.07, 6.45) is 0. The van der Waals surface area contributed by atoms with Gasteiger partial charge in [-0.25, -0.2) is 0 Å². The first-order valence-electron chi connectivity index (χ1n) is 8.50. The van der Waals surface area contributed by atoms with E-state index >= 15 is 0 Å². The molecule has 0 atom stereocenters. The van der Waals surface area contributed by atoms with Crippen LogP contribution in [0.1, 0.15) is 16.2 Å². The van der Waals surface area contributed by atoms with Crippen LogP contribution in [-0.2, 0) is 6.54 Å². The predicted molar refractivity (Wildman–Crippen MR) is 102 cm³/mol. The number of hydrogen-bond donors (Lipinski definition) is 0. The van der Waals surface area contributed by atoms with E-state index in [0.29, 0.717) is 34.5 Å². The Hall–Kier alpha value is -3.55. The lowest BCUT2D eigenvalue weighted by molar-refractivity contribution is 0.0768. The molecule has 1 amide bonds. The summed E-state index contributed by atoms with van der Waals surface area (Å²) in [4.78, 5) is 18.7. The first kappa shape index (κ1) is 19.2. The second-order valence-corrected chi connectivity index (χ2v) is 5.95. The standard InChI is InChI=1S/C20H21N3O5/c1-23(12-17-21-19(22-28-17)13-8-6-5-7-9-13)20(24)14-10-15(25-2)18(27-4)16(11-14)26-3/h5-11H,12H2,1-4H3. The number of methoxy groups -OCH3 is 3. The molecule has 0 radical (unpaired) electrons. The summed E-state index contributed by atoms with van der Waals surface area (Å²) in [6, 6.07) is 12.7. The summed E-state index contributed by atoms with van der Waals surface area (Å²) in [5.74, 6) is 1.80. The van der Waals surface area contributed by atoms with Crippen molar-refractivity contribution in [2.45, 2.75) is 6.54 Å². The van der Waals surface area contributed by atoms with Gasteiger partial charge in [-0.15, -0.1) is 0 Å². The van der Waals surface area contributed by atoms with E-state index in [-0.39, 0.29) is 12.5 Å². The summed E-state index contributed by atoms with van der Waals surface area (Å²) in [6.45, 7) is 0.162. The van der Waals surface area contributed by atoms with Crippen LogP contribution in [0.5, 0.6) is 17.2 Å². The van der Waals surface area contributed by atoms with Crippen LogP contribution in [0.15, 0.2) is 47.0 Å². The number of amides is 1. The second-order valence-electron chi connectivity index (χ2n) is 5.95. The van der Waals surface area contributed by atoms with Crippen LogP contribution >= 0.6 is 0 Å². The van der Waals surface area contributed by atoms with E-state index in [1.165, 1.54) is 26.2 Å². The van der Waals surface area contributed by atoms with Gasteiger partial charge in [-0.2, -0.15) is 4.98 Å². The third-order valence-electron chi connectivity index (χ3n) is 4.13. The van der Waals surface area contributed by atoms with E-state index in [1.54, 1.807) is 19.2 Å². The number of ether oxygens (including phenoxy) is 3. The molecule has 0 bridgehead atoms. The van der Waals surface area contributed by atoms with Gasteiger partial charge in [-0.1, -0.05) is 35.5 Å². The van der Waals surface area contributed by atoms with Gasteiger partial charge in [-0.05, 0) is 12.1 Å². The van der Waals surface area contributed by atoms with Crippen LogP contribution in [-0.4, -0.2) is 49.3 Å². The summed E-state index contributed by atoms with van der Waals surface area (Å²) in [5.41, 5.74) is 1.23. The number of aromatic nitrogens is 2. The number of nitrogens with zero attached hydrogens (tertiary/aromatic N) is 3. The highest BCUT2D eigenvalue weighted by Crippen LogP contribution is 2.38. The molecule has 146 valence electrons.